The highest BCUT2D eigenvalue weighted by molar-refractivity contribution is 5.94. The van der Waals surface area contributed by atoms with Crippen molar-refractivity contribution in [2.24, 2.45) is 0 Å². The van der Waals surface area contributed by atoms with Crippen molar-refractivity contribution in [1.29, 1.82) is 0 Å². The average molecular weight is 359 g/mol. The molecule has 0 bridgehead atoms. The van der Waals surface area contributed by atoms with Gasteiger partial charge in [0.1, 0.15) is 11.3 Å². The zero-order chi connectivity index (χ0) is 18.9. The number of aromatic nitrogens is 1. The summed E-state index contributed by atoms with van der Waals surface area (Å²) >= 11 is 0. The van der Waals surface area contributed by atoms with Crippen LogP contribution in [-0.2, 0) is 4.74 Å². The summed E-state index contributed by atoms with van der Waals surface area (Å²) in [5.74, 6) is 0.0864. The molecule has 0 saturated heterocycles. The number of fused-ring (bicyclic) bond motifs is 1. The van der Waals surface area contributed by atoms with E-state index in [0.29, 0.717) is 23.3 Å². The number of aryl methyl sites for hydroxylation is 1. The molecule has 0 amide bonds. The molecule has 26 heavy (non-hydrogen) atoms. The van der Waals surface area contributed by atoms with Crippen molar-refractivity contribution >= 4 is 16.9 Å². The Morgan fingerprint density at radius 1 is 1.08 bits per heavy atom. The number of unbranched alkanes of at least 4 members (excludes halogenated alkanes) is 5. The fourth-order valence-corrected chi connectivity index (χ4v) is 2.94. The zero-order valence-electron chi connectivity index (χ0n) is 16.0. The predicted octanol–water partition coefficient (Wildman–Crippen LogP) is 4.75. The molecule has 1 N–H and O–H groups in total. The summed E-state index contributed by atoms with van der Waals surface area (Å²) in [6.45, 7) is 6.74. The van der Waals surface area contributed by atoms with Gasteiger partial charge < -0.3 is 14.5 Å². The number of esters is 1. The van der Waals surface area contributed by atoms with Crippen LogP contribution in [0.3, 0.4) is 0 Å². The molecule has 2 aromatic rings. The lowest BCUT2D eigenvalue weighted by atomic mass is 10.1. The van der Waals surface area contributed by atoms with E-state index in [9.17, 15) is 9.59 Å². The van der Waals surface area contributed by atoms with Gasteiger partial charge in [0.15, 0.2) is 0 Å². The van der Waals surface area contributed by atoms with Crippen LogP contribution in [0.5, 0.6) is 5.75 Å². The number of H-pyrrole nitrogens is 1. The van der Waals surface area contributed by atoms with Gasteiger partial charge in [-0.05, 0) is 38.0 Å². The molecular weight excluding hydrogens is 330 g/mol. The Morgan fingerprint density at radius 2 is 1.81 bits per heavy atom. The number of rotatable bonds is 10. The highest BCUT2D eigenvalue weighted by Gasteiger charge is 2.15. The maximum Gasteiger partial charge on any atom is 0.343 e. The third kappa shape index (κ3) is 5.10. The van der Waals surface area contributed by atoms with Crippen molar-refractivity contribution in [2.45, 2.75) is 59.3 Å². The third-order valence-corrected chi connectivity index (χ3v) is 4.43. The first-order chi connectivity index (χ1) is 12.6. The second-order valence-corrected chi connectivity index (χ2v) is 6.53. The summed E-state index contributed by atoms with van der Waals surface area (Å²) < 4.78 is 10.8. The number of hydrogen-bond donors (Lipinski definition) is 1. The summed E-state index contributed by atoms with van der Waals surface area (Å²) in [6, 6.07) is 3.60. The normalized spacial score (nSPS) is 10.9. The number of benzene rings is 1. The fraction of sp³-hybridized carbons (Fsp3) is 0.524. The number of carbonyl (C=O) groups excluding carboxylic acids is 1. The van der Waals surface area contributed by atoms with E-state index in [2.05, 4.69) is 11.9 Å². The Kier molecular flexibility index (Phi) is 7.70. The van der Waals surface area contributed by atoms with Crippen molar-refractivity contribution in [3.8, 4) is 5.75 Å². The van der Waals surface area contributed by atoms with Gasteiger partial charge in [-0.3, -0.25) is 4.79 Å². The molecule has 0 unspecified atom stereocenters. The first kappa shape index (κ1) is 20.0. The molecule has 1 heterocycles. The van der Waals surface area contributed by atoms with Crippen molar-refractivity contribution in [2.75, 3.05) is 13.2 Å². The molecule has 142 valence electrons. The first-order valence-electron chi connectivity index (χ1n) is 9.54. The van der Waals surface area contributed by atoms with E-state index in [1.807, 2.05) is 13.0 Å². The van der Waals surface area contributed by atoms with Crippen LogP contribution >= 0.6 is 0 Å². The van der Waals surface area contributed by atoms with E-state index >= 15 is 0 Å². The molecule has 0 fully saturated rings. The van der Waals surface area contributed by atoms with Crippen LogP contribution in [-0.4, -0.2) is 24.2 Å². The Balaban J connectivity index is 2.10. The molecule has 0 spiro atoms. The van der Waals surface area contributed by atoms with E-state index in [1.54, 1.807) is 13.0 Å². The minimum Gasteiger partial charge on any atom is -0.493 e. The number of pyridine rings is 1. The first-order valence-corrected chi connectivity index (χ1v) is 9.54. The molecule has 5 nitrogen and oxygen atoms in total. The van der Waals surface area contributed by atoms with Gasteiger partial charge >= 0.3 is 5.97 Å². The van der Waals surface area contributed by atoms with Gasteiger partial charge in [-0.1, -0.05) is 39.0 Å². The molecule has 0 atom stereocenters. The molecule has 2 rings (SSSR count). The Bertz CT molecular complexity index is 794. The maximum absolute atomic E-state index is 12.6. The number of nitrogens with one attached hydrogen (secondary N) is 1. The van der Waals surface area contributed by atoms with Crippen molar-refractivity contribution < 1.29 is 14.3 Å². The Labute approximate surface area is 154 Å². The topological polar surface area (TPSA) is 68.4 Å². The van der Waals surface area contributed by atoms with Gasteiger partial charge in [0, 0.05) is 11.7 Å². The Morgan fingerprint density at radius 3 is 2.54 bits per heavy atom. The predicted molar refractivity (Wildman–Crippen MR) is 104 cm³/mol. The van der Waals surface area contributed by atoms with Crippen LogP contribution in [0.15, 0.2) is 23.1 Å². The SMILES string of the molecule is CCCCCCCCOc1cc2c(=O)c(C(=O)OCC)c[nH]c2cc1C. The van der Waals surface area contributed by atoms with Crippen molar-refractivity contribution in [1.82, 2.24) is 4.98 Å². The molecule has 0 aliphatic rings. The van der Waals surface area contributed by atoms with Crippen LogP contribution in [0.25, 0.3) is 10.9 Å². The summed E-state index contributed by atoms with van der Waals surface area (Å²) in [7, 11) is 0. The summed E-state index contributed by atoms with van der Waals surface area (Å²) in [5.41, 5.74) is 1.34. The summed E-state index contributed by atoms with van der Waals surface area (Å²) in [6.07, 6.45) is 8.61. The van der Waals surface area contributed by atoms with Gasteiger partial charge in [-0.2, -0.15) is 0 Å². The summed E-state index contributed by atoms with van der Waals surface area (Å²) in [5, 5.41) is 0.444. The highest BCUT2D eigenvalue weighted by atomic mass is 16.5. The largest absolute Gasteiger partial charge is 0.493 e. The van der Waals surface area contributed by atoms with E-state index in [-0.39, 0.29) is 17.6 Å². The lowest BCUT2D eigenvalue weighted by molar-refractivity contribution is 0.0524. The standard InChI is InChI=1S/C21H29NO4/c1-4-6-7-8-9-10-11-26-19-13-16-18(12-15(19)3)22-14-17(20(16)23)21(24)25-5-2/h12-14H,4-11H2,1-3H3,(H,22,23). The van der Waals surface area contributed by atoms with Gasteiger partial charge in [-0.25, -0.2) is 4.79 Å². The molecule has 0 saturated carbocycles. The average Bonchev–Trinajstić information content (AvgIpc) is 2.62. The highest BCUT2D eigenvalue weighted by Crippen LogP contribution is 2.23. The number of ether oxygens (including phenoxy) is 2. The number of carbonyl (C=O) groups is 1. The number of aromatic amines is 1. The van der Waals surface area contributed by atoms with Crippen LogP contribution in [0.4, 0.5) is 0 Å². The molecule has 1 aromatic carbocycles. The molecule has 0 aliphatic carbocycles. The lowest BCUT2D eigenvalue weighted by Crippen LogP contribution is -2.18. The summed E-state index contributed by atoms with van der Waals surface area (Å²) in [4.78, 5) is 27.5. The lowest BCUT2D eigenvalue weighted by Gasteiger charge is -2.11. The monoisotopic (exact) mass is 359 g/mol. The van der Waals surface area contributed by atoms with Crippen LogP contribution in [0, 0.1) is 6.92 Å². The van der Waals surface area contributed by atoms with Crippen molar-refractivity contribution in [3.05, 3.63) is 39.7 Å². The van der Waals surface area contributed by atoms with Crippen LogP contribution in [0.1, 0.15) is 68.3 Å². The second kappa shape index (κ2) is 10.00. The molecular formula is C21H29NO4. The van der Waals surface area contributed by atoms with Crippen LogP contribution in [0.2, 0.25) is 0 Å². The molecule has 0 aliphatic heterocycles. The van der Waals surface area contributed by atoms with E-state index in [1.165, 1.54) is 31.9 Å². The van der Waals surface area contributed by atoms with Gasteiger partial charge in [-0.15, -0.1) is 0 Å². The Hall–Kier alpha value is -2.30. The quantitative estimate of drug-likeness (QED) is 0.491. The second-order valence-electron chi connectivity index (χ2n) is 6.53. The maximum atomic E-state index is 12.6. The van der Waals surface area contributed by atoms with Gasteiger partial charge in [0.25, 0.3) is 0 Å². The fourth-order valence-electron chi connectivity index (χ4n) is 2.94. The van der Waals surface area contributed by atoms with E-state index in [0.717, 1.165) is 18.4 Å². The van der Waals surface area contributed by atoms with Gasteiger partial charge in [0.05, 0.1) is 18.6 Å². The minimum atomic E-state index is -0.606. The minimum absolute atomic E-state index is 0.0186. The smallest absolute Gasteiger partial charge is 0.343 e. The van der Waals surface area contributed by atoms with Gasteiger partial charge in [0.2, 0.25) is 5.43 Å². The molecule has 1 aromatic heterocycles. The number of hydrogen-bond acceptors (Lipinski definition) is 4. The third-order valence-electron chi connectivity index (χ3n) is 4.43. The zero-order valence-corrected chi connectivity index (χ0v) is 16.0. The molecule has 5 heteroatoms. The van der Waals surface area contributed by atoms with Crippen LogP contribution < -0.4 is 10.2 Å². The van der Waals surface area contributed by atoms with E-state index < -0.39 is 5.97 Å². The van der Waals surface area contributed by atoms with E-state index in [4.69, 9.17) is 9.47 Å². The molecule has 0 radical (unpaired) electrons. The van der Waals surface area contributed by atoms with Crippen molar-refractivity contribution in [3.63, 3.8) is 0 Å².